The number of carbonyl (C=O) groups is 1. The molecule has 1 saturated carbocycles. The first kappa shape index (κ1) is 14.6. The number of amides is 2. The van der Waals surface area contributed by atoms with E-state index in [1.807, 2.05) is 31.1 Å². The van der Waals surface area contributed by atoms with E-state index in [4.69, 9.17) is 0 Å². The van der Waals surface area contributed by atoms with Gasteiger partial charge in [-0.1, -0.05) is 19.8 Å². The van der Waals surface area contributed by atoms with Gasteiger partial charge in [0, 0.05) is 20.1 Å². The topological polar surface area (TPSA) is 57.3 Å². The average Bonchev–Trinajstić information content (AvgIpc) is 2.39. The molecule has 5 heteroatoms. The van der Waals surface area contributed by atoms with E-state index in [9.17, 15) is 4.79 Å². The highest BCUT2D eigenvalue weighted by molar-refractivity contribution is 5.89. The standard InChI is InChI=1S/C15H24N4O/c1-11-5-4-6-12(9-11)17-15(20)18-13-7-8-14(16-10-13)19(2)3/h7-8,10-12H,4-6,9H2,1-3H3,(H2,17,18,20). The molecule has 1 aromatic rings. The van der Waals surface area contributed by atoms with Crippen LogP contribution in [0.3, 0.4) is 0 Å². The van der Waals surface area contributed by atoms with Crippen LogP contribution in [0.5, 0.6) is 0 Å². The first-order valence-electron chi connectivity index (χ1n) is 7.25. The molecule has 0 aromatic carbocycles. The van der Waals surface area contributed by atoms with Gasteiger partial charge in [0.15, 0.2) is 0 Å². The number of aromatic nitrogens is 1. The van der Waals surface area contributed by atoms with Gasteiger partial charge in [-0.15, -0.1) is 0 Å². The van der Waals surface area contributed by atoms with Crippen LogP contribution in [0.15, 0.2) is 18.3 Å². The molecule has 5 nitrogen and oxygen atoms in total. The van der Waals surface area contributed by atoms with Gasteiger partial charge in [0.05, 0.1) is 11.9 Å². The fourth-order valence-electron chi connectivity index (χ4n) is 2.64. The van der Waals surface area contributed by atoms with E-state index in [0.717, 1.165) is 24.3 Å². The highest BCUT2D eigenvalue weighted by Gasteiger charge is 2.20. The van der Waals surface area contributed by atoms with Crippen LogP contribution in [0.2, 0.25) is 0 Å². The lowest BCUT2D eigenvalue weighted by atomic mass is 9.87. The maximum Gasteiger partial charge on any atom is 0.319 e. The molecule has 0 bridgehead atoms. The van der Waals surface area contributed by atoms with E-state index in [1.54, 1.807) is 6.20 Å². The normalized spacial score (nSPS) is 22.1. The van der Waals surface area contributed by atoms with E-state index in [-0.39, 0.29) is 6.03 Å². The predicted octanol–water partition coefficient (Wildman–Crippen LogP) is 2.85. The average molecular weight is 276 g/mol. The molecule has 0 radical (unpaired) electrons. The zero-order valence-corrected chi connectivity index (χ0v) is 12.5. The molecule has 1 fully saturated rings. The summed E-state index contributed by atoms with van der Waals surface area (Å²) in [5, 5.41) is 5.89. The van der Waals surface area contributed by atoms with Crippen molar-refractivity contribution in [3.8, 4) is 0 Å². The van der Waals surface area contributed by atoms with E-state index in [1.165, 1.54) is 12.8 Å². The third-order valence-electron chi connectivity index (χ3n) is 3.74. The number of urea groups is 1. The number of hydrogen-bond donors (Lipinski definition) is 2. The lowest BCUT2D eigenvalue weighted by Gasteiger charge is -2.27. The molecule has 20 heavy (non-hydrogen) atoms. The van der Waals surface area contributed by atoms with Crippen molar-refractivity contribution >= 4 is 17.5 Å². The summed E-state index contributed by atoms with van der Waals surface area (Å²) >= 11 is 0. The molecule has 0 spiro atoms. The number of pyridine rings is 1. The number of nitrogens with zero attached hydrogens (tertiary/aromatic N) is 2. The van der Waals surface area contributed by atoms with Gasteiger partial charge in [-0.2, -0.15) is 0 Å². The van der Waals surface area contributed by atoms with Crippen molar-refractivity contribution in [2.75, 3.05) is 24.3 Å². The van der Waals surface area contributed by atoms with Crippen molar-refractivity contribution in [2.45, 2.75) is 38.6 Å². The van der Waals surface area contributed by atoms with Crippen LogP contribution in [0.25, 0.3) is 0 Å². The van der Waals surface area contributed by atoms with Gasteiger partial charge in [-0.3, -0.25) is 0 Å². The van der Waals surface area contributed by atoms with Crippen molar-refractivity contribution in [1.82, 2.24) is 10.3 Å². The second kappa shape index (κ2) is 6.59. The van der Waals surface area contributed by atoms with Crippen molar-refractivity contribution in [3.63, 3.8) is 0 Å². The largest absolute Gasteiger partial charge is 0.363 e. The molecule has 2 rings (SSSR count). The lowest BCUT2D eigenvalue weighted by Crippen LogP contribution is -2.40. The molecule has 2 atom stereocenters. The molecule has 1 aliphatic carbocycles. The quantitative estimate of drug-likeness (QED) is 0.892. The maximum atomic E-state index is 11.9. The third-order valence-corrected chi connectivity index (χ3v) is 3.74. The van der Waals surface area contributed by atoms with E-state index in [0.29, 0.717) is 12.0 Å². The third kappa shape index (κ3) is 4.11. The Bertz CT molecular complexity index is 444. The first-order valence-corrected chi connectivity index (χ1v) is 7.25. The summed E-state index contributed by atoms with van der Waals surface area (Å²) < 4.78 is 0. The van der Waals surface area contributed by atoms with Crippen molar-refractivity contribution < 1.29 is 4.79 Å². The van der Waals surface area contributed by atoms with E-state index >= 15 is 0 Å². The first-order chi connectivity index (χ1) is 9.54. The van der Waals surface area contributed by atoms with Crippen LogP contribution in [0, 0.1) is 5.92 Å². The molecule has 1 aliphatic rings. The minimum atomic E-state index is -0.136. The molecule has 1 heterocycles. The lowest BCUT2D eigenvalue weighted by molar-refractivity contribution is 0.238. The highest BCUT2D eigenvalue weighted by atomic mass is 16.2. The van der Waals surface area contributed by atoms with E-state index in [2.05, 4.69) is 22.5 Å². The Kier molecular flexibility index (Phi) is 4.82. The Morgan fingerprint density at radius 2 is 2.15 bits per heavy atom. The fourth-order valence-corrected chi connectivity index (χ4v) is 2.64. The number of anilines is 2. The van der Waals surface area contributed by atoms with Gasteiger partial charge in [0.2, 0.25) is 0 Å². The Labute approximate surface area is 120 Å². The second-order valence-electron chi connectivity index (χ2n) is 5.87. The minimum absolute atomic E-state index is 0.136. The van der Waals surface area contributed by atoms with Crippen LogP contribution in [0.1, 0.15) is 32.6 Å². The monoisotopic (exact) mass is 276 g/mol. The number of rotatable bonds is 3. The van der Waals surface area contributed by atoms with Crippen LogP contribution >= 0.6 is 0 Å². The molecule has 0 saturated heterocycles. The zero-order chi connectivity index (χ0) is 14.5. The molecular formula is C15H24N4O. The second-order valence-corrected chi connectivity index (χ2v) is 5.87. The summed E-state index contributed by atoms with van der Waals surface area (Å²) in [7, 11) is 3.87. The predicted molar refractivity (Wildman–Crippen MR) is 82.1 cm³/mol. The highest BCUT2D eigenvalue weighted by Crippen LogP contribution is 2.23. The van der Waals surface area contributed by atoms with Gasteiger partial charge >= 0.3 is 6.03 Å². The Hall–Kier alpha value is -1.78. The van der Waals surface area contributed by atoms with Gasteiger partial charge < -0.3 is 15.5 Å². The van der Waals surface area contributed by atoms with Gasteiger partial charge in [0.25, 0.3) is 0 Å². The number of hydrogen-bond acceptors (Lipinski definition) is 3. The summed E-state index contributed by atoms with van der Waals surface area (Å²) in [6, 6.07) is 3.92. The molecule has 2 amide bonds. The maximum absolute atomic E-state index is 11.9. The molecule has 2 N–H and O–H groups in total. The summed E-state index contributed by atoms with van der Waals surface area (Å²) in [4.78, 5) is 18.1. The van der Waals surface area contributed by atoms with Crippen LogP contribution in [-0.4, -0.2) is 31.2 Å². The zero-order valence-electron chi connectivity index (χ0n) is 12.5. The SMILES string of the molecule is CC1CCCC(NC(=O)Nc2ccc(N(C)C)nc2)C1. The van der Waals surface area contributed by atoms with Crippen LogP contribution in [0.4, 0.5) is 16.3 Å². The van der Waals surface area contributed by atoms with Crippen LogP contribution < -0.4 is 15.5 Å². The molecular weight excluding hydrogens is 252 g/mol. The van der Waals surface area contributed by atoms with Gasteiger partial charge in [0.1, 0.15) is 5.82 Å². The number of nitrogens with one attached hydrogen (secondary N) is 2. The van der Waals surface area contributed by atoms with Crippen molar-refractivity contribution in [2.24, 2.45) is 5.92 Å². The Morgan fingerprint density at radius 1 is 1.35 bits per heavy atom. The minimum Gasteiger partial charge on any atom is -0.363 e. The summed E-state index contributed by atoms with van der Waals surface area (Å²) in [6.45, 7) is 2.25. The Balaban J connectivity index is 1.84. The van der Waals surface area contributed by atoms with Crippen LogP contribution in [-0.2, 0) is 0 Å². The fraction of sp³-hybridized carbons (Fsp3) is 0.600. The Morgan fingerprint density at radius 3 is 2.75 bits per heavy atom. The summed E-state index contributed by atoms with van der Waals surface area (Å²) in [6.07, 6.45) is 6.31. The molecule has 0 aliphatic heterocycles. The summed E-state index contributed by atoms with van der Waals surface area (Å²) in [5.74, 6) is 1.58. The molecule has 2 unspecified atom stereocenters. The van der Waals surface area contributed by atoms with Crippen molar-refractivity contribution in [1.29, 1.82) is 0 Å². The van der Waals surface area contributed by atoms with Gasteiger partial charge in [-0.25, -0.2) is 9.78 Å². The molecule has 1 aromatic heterocycles. The van der Waals surface area contributed by atoms with Gasteiger partial charge in [-0.05, 0) is 30.9 Å². The van der Waals surface area contributed by atoms with E-state index < -0.39 is 0 Å². The van der Waals surface area contributed by atoms with Crippen molar-refractivity contribution in [3.05, 3.63) is 18.3 Å². The number of carbonyl (C=O) groups excluding carboxylic acids is 1. The summed E-state index contributed by atoms with van der Waals surface area (Å²) in [5.41, 5.74) is 0.719. The smallest absolute Gasteiger partial charge is 0.319 e. The molecule has 110 valence electrons.